The Morgan fingerprint density at radius 2 is 2.24 bits per heavy atom. The molecular formula is C13H10BrNO2. The summed E-state index contributed by atoms with van der Waals surface area (Å²) in [6.07, 6.45) is 0.797. The summed E-state index contributed by atoms with van der Waals surface area (Å²) in [7, 11) is 0. The van der Waals surface area contributed by atoms with Crippen molar-refractivity contribution in [1.82, 2.24) is 4.98 Å². The Bertz CT molecular complexity index is 619. The number of carboxylic acids is 1. The van der Waals surface area contributed by atoms with E-state index in [1.165, 1.54) is 0 Å². The smallest absolute Gasteiger partial charge is 0.352 e. The van der Waals surface area contributed by atoms with Gasteiger partial charge in [-0.1, -0.05) is 27.8 Å². The Hall–Kier alpha value is -1.73. The molecule has 2 rings (SSSR count). The van der Waals surface area contributed by atoms with Gasteiger partial charge in [0.2, 0.25) is 0 Å². The summed E-state index contributed by atoms with van der Waals surface area (Å²) >= 11 is 3.31. The Morgan fingerprint density at radius 1 is 1.41 bits per heavy atom. The monoisotopic (exact) mass is 291 g/mol. The average Bonchev–Trinajstić information content (AvgIpc) is 2.72. The molecule has 17 heavy (non-hydrogen) atoms. The van der Waals surface area contributed by atoms with E-state index in [1.54, 1.807) is 6.07 Å². The lowest BCUT2D eigenvalue weighted by molar-refractivity contribution is 0.0691. The van der Waals surface area contributed by atoms with Crippen LogP contribution in [-0.2, 0) is 0 Å². The first-order valence-electron chi connectivity index (χ1n) is 5.11. The van der Waals surface area contributed by atoms with Crippen LogP contribution in [0.1, 0.15) is 22.5 Å². The first-order valence-corrected chi connectivity index (χ1v) is 6.24. The number of hydrogen-bond donors (Lipinski definition) is 2. The maximum absolute atomic E-state index is 10.8. The fourth-order valence-electron chi connectivity index (χ4n) is 1.54. The van der Waals surface area contributed by atoms with Crippen LogP contribution in [0.2, 0.25) is 0 Å². The van der Waals surface area contributed by atoms with E-state index in [1.807, 2.05) is 18.2 Å². The first kappa shape index (κ1) is 11.7. The molecule has 1 heterocycles. The highest BCUT2D eigenvalue weighted by Gasteiger charge is 2.06. The Labute approximate surface area is 107 Å². The number of aromatic amines is 1. The van der Waals surface area contributed by atoms with E-state index in [9.17, 15) is 4.79 Å². The van der Waals surface area contributed by atoms with Gasteiger partial charge in [-0.15, -0.1) is 0 Å². The zero-order valence-electron chi connectivity index (χ0n) is 8.96. The molecule has 0 fully saturated rings. The second-order valence-electron chi connectivity index (χ2n) is 3.53. The van der Waals surface area contributed by atoms with E-state index in [-0.39, 0.29) is 5.69 Å². The second-order valence-corrected chi connectivity index (χ2v) is 4.32. The molecule has 0 saturated heterocycles. The molecule has 4 heteroatoms. The lowest BCUT2D eigenvalue weighted by Crippen LogP contribution is -1.94. The molecule has 0 radical (unpaired) electrons. The molecule has 0 aliphatic rings. The van der Waals surface area contributed by atoms with Crippen molar-refractivity contribution in [3.05, 3.63) is 35.5 Å². The van der Waals surface area contributed by atoms with E-state index in [0.29, 0.717) is 0 Å². The number of nitrogens with one attached hydrogen (secondary N) is 1. The van der Waals surface area contributed by atoms with Gasteiger partial charge in [0, 0.05) is 28.2 Å². The van der Waals surface area contributed by atoms with Crippen molar-refractivity contribution in [2.24, 2.45) is 0 Å². The van der Waals surface area contributed by atoms with Crippen LogP contribution in [0.4, 0.5) is 0 Å². The van der Waals surface area contributed by atoms with E-state index < -0.39 is 5.97 Å². The van der Waals surface area contributed by atoms with E-state index in [0.717, 1.165) is 28.2 Å². The summed E-state index contributed by atoms with van der Waals surface area (Å²) in [5, 5.41) is 10.6. The van der Waals surface area contributed by atoms with Gasteiger partial charge >= 0.3 is 5.97 Å². The van der Waals surface area contributed by atoms with Gasteiger partial charge in [0.25, 0.3) is 0 Å². The molecule has 2 N–H and O–H groups in total. The number of aromatic nitrogens is 1. The fraction of sp³-hybridized carbons (Fsp3) is 0.154. The number of fused-ring (bicyclic) bond motifs is 1. The van der Waals surface area contributed by atoms with Gasteiger partial charge in [-0.2, -0.15) is 0 Å². The Morgan fingerprint density at radius 3 is 2.94 bits per heavy atom. The molecular weight excluding hydrogens is 282 g/mol. The predicted molar refractivity (Wildman–Crippen MR) is 70.5 cm³/mol. The van der Waals surface area contributed by atoms with E-state index in [2.05, 4.69) is 32.8 Å². The van der Waals surface area contributed by atoms with E-state index >= 15 is 0 Å². The summed E-state index contributed by atoms with van der Waals surface area (Å²) in [5.41, 5.74) is 1.91. The predicted octanol–water partition coefficient (Wildman–Crippen LogP) is 3.00. The van der Waals surface area contributed by atoms with Crippen molar-refractivity contribution < 1.29 is 9.90 Å². The second kappa shape index (κ2) is 5.07. The number of halogens is 1. The Balaban J connectivity index is 2.37. The largest absolute Gasteiger partial charge is 0.477 e. The first-order chi connectivity index (χ1) is 8.20. The van der Waals surface area contributed by atoms with Gasteiger partial charge in [0.1, 0.15) is 5.69 Å². The number of hydrogen-bond acceptors (Lipinski definition) is 1. The zero-order valence-corrected chi connectivity index (χ0v) is 10.5. The molecule has 1 aromatic heterocycles. The number of H-pyrrole nitrogens is 1. The fourth-order valence-corrected chi connectivity index (χ4v) is 1.74. The van der Waals surface area contributed by atoms with Gasteiger partial charge in [0.05, 0.1) is 0 Å². The standard InChI is InChI=1S/C13H10BrNO2/c14-6-2-1-3-9-4-5-11-10(7-9)8-12(15-11)13(16)17/h4-5,7-8,15H,2,6H2,(H,16,17). The molecule has 0 bridgehead atoms. The summed E-state index contributed by atoms with van der Waals surface area (Å²) in [6, 6.07) is 7.23. The minimum absolute atomic E-state index is 0.200. The minimum Gasteiger partial charge on any atom is -0.477 e. The number of benzene rings is 1. The Kier molecular flexibility index (Phi) is 3.50. The van der Waals surface area contributed by atoms with Crippen molar-refractivity contribution in [1.29, 1.82) is 0 Å². The molecule has 0 atom stereocenters. The molecule has 86 valence electrons. The van der Waals surface area contributed by atoms with Crippen LogP contribution in [0.25, 0.3) is 10.9 Å². The number of rotatable bonds is 2. The van der Waals surface area contributed by atoms with Crippen molar-refractivity contribution in [3.63, 3.8) is 0 Å². The average molecular weight is 292 g/mol. The number of carbonyl (C=O) groups is 1. The van der Waals surface area contributed by atoms with Crippen LogP contribution < -0.4 is 0 Å². The lowest BCUT2D eigenvalue weighted by atomic mass is 10.1. The molecule has 0 amide bonds. The van der Waals surface area contributed by atoms with Crippen LogP contribution in [0, 0.1) is 11.8 Å². The highest BCUT2D eigenvalue weighted by Crippen LogP contribution is 2.16. The maximum Gasteiger partial charge on any atom is 0.352 e. The molecule has 0 aliphatic heterocycles. The van der Waals surface area contributed by atoms with Gasteiger partial charge in [0.15, 0.2) is 0 Å². The SMILES string of the molecule is O=C(O)c1cc2cc(C#CCCBr)ccc2[nH]1. The quantitative estimate of drug-likeness (QED) is 0.660. The topological polar surface area (TPSA) is 53.1 Å². The summed E-state index contributed by atoms with van der Waals surface area (Å²) in [5.74, 6) is 5.11. The normalized spacial score (nSPS) is 9.94. The van der Waals surface area contributed by atoms with Gasteiger partial charge in [-0.25, -0.2) is 4.79 Å². The van der Waals surface area contributed by atoms with Crippen molar-refractivity contribution in [2.45, 2.75) is 6.42 Å². The van der Waals surface area contributed by atoms with Gasteiger partial charge in [-0.3, -0.25) is 0 Å². The number of aromatic carboxylic acids is 1. The molecule has 0 saturated carbocycles. The van der Waals surface area contributed by atoms with Crippen LogP contribution in [-0.4, -0.2) is 21.4 Å². The third-order valence-electron chi connectivity index (χ3n) is 2.30. The van der Waals surface area contributed by atoms with Gasteiger partial charge in [-0.05, 0) is 24.3 Å². The molecule has 2 aromatic rings. The van der Waals surface area contributed by atoms with Crippen LogP contribution in [0.3, 0.4) is 0 Å². The van der Waals surface area contributed by atoms with Gasteiger partial charge < -0.3 is 10.1 Å². The number of alkyl halides is 1. The minimum atomic E-state index is -0.951. The third-order valence-corrected chi connectivity index (χ3v) is 2.70. The highest BCUT2D eigenvalue weighted by atomic mass is 79.9. The molecule has 0 unspecified atom stereocenters. The van der Waals surface area contributed by atoms with Crippen LogP contribution in [0.5, 0.6) is 0 Å². The van der Waals surface area contributed by atoms with Crippen molar-refractivity contribution in [2.75, 3.05) is 5.33 Å². The van der Waals surface area contributed by atoms with E-state index in [4.69, 9.17) is 5.11 Å². The summed E-state index contributed by atoms with van der Waals surface area (Å²) in [4.78, 5) is 13.6. The molecule has 0 aliphatic carbocycles. The highest BCUT2D eigenvalue weighted by molar-refractivity contribution is 9.09. The van der Waals surface area contributed by atoms with Crippen LogP contribution >= 0.6 is 15.9 Å². The third kappa shape index (κ3) is 2.69. The number of carboxylic acid groups (broad SMARTS) is 1. The molecule has 0 spiro atoms. The maximum atomic E-state index is 10.8. The molecule has 1 aromatic carbocycles. The van der Waals surface area contributed by atoms with Crippen LogP contribution in [0.15, 0.2) is 24.3 Å². The zero-order chi connectivity index (χ0) is 12.3. The molecule has 3 nitrogen and oxygen atoms in total. The summed E-state index contributed by atoms with van der Waals surface area (Å²) < 4.78 is 0. The van der Waals surface area contributed by atoms with Crippen molar-refractivity contribution >= 4 is 32.8 Å². The van der Waals surface area contributed by atoms with Crippen molar-refractivity contribution in [3.8, 4) is 11.8 Å². The lowest BCUT2D eigenvalue weighted by Gasteiger charge is -1.91. The summed E-state index contributed by atoms with van der Waals surface area (Å²) in [6.45, 7) is 0.